The number of phenols is 1. The molecule has 1 unspecified atom stereocenters. The van der Waals surface area contributed by atoms with E-state index in [1.807, 2.05) is 51.1 Å². The van der Waals surface area contributed by atoms with Crippen molar-refractivity contribution in [3.8, 4) is 11.5 Å². The van der Waals surface area contributed by atoms with Crippen molar-refractivity contribution in [1.82, 2.24) is 4.90 Å². The summed E-state index contributed by atoms with van der Waals surface area (Å²) in [5.74, 6) is 0.0225. The number of phenolic OH excluding ortho intramolecular Hbond substituents is 1. The van der Waals surface area contributed by atoms with E-state index in [2.05, 4.69) is 0 Å². The van der Waals surface area contributed by atoms with Crippen LogP contribution in [0.5, 0.6) is 11.5 Å². The van der Waals surface area contributed by atoms with E-state index in [4.69, 9.17) is 9.15 Å². The summed E-state index contributed by atoms with van der Waals surface area (Å²) < 4.78 is 11.6. The highest BCUT2D eigenvalue weighted by atomic mass is 16.5. The van der Waals surface area contributed by atoms with Crippen molar-refractivity contribution in [3.63, 3.8) is 0 Å². The standard InChI is InChI=1S/C28H25NO5/c1-4-33-23-14-19(10-11-21(23)30)25-24-26(31)20-13-17(3)7-12-22(20)34-27(24)28(32)29(25)15-18-8-5-16(2)6-9-18/h5-14,25,30H,4,15H2,1-3H3. The number of benzene rings is 3. The normalized spacial score (nSPS) is 15.1. The molecule has 2 heterocycles. The molecule has 172 valence electrons. The lowest BCUT2D eigenvalue weighted by Gasteiger charge is -2.26. The average Bonchev–Trinajstić information content (AvgIpc) is 3.09. The second kappa shape index (κ2) is 8.37. The number of hydrogen-bond donors (Lipinski definition) is 1. The van der Waals surface area contributed by atoms with Gasteiger partial charge in [-0.05, 0) is 56.2 Å². The van der Waals surface area contributed by atoms with Crippen molar-refractivity contribution in [3.05, 3.63) is 104 Å². The maximum absolute atomic E-state index is 13.7. The summed E-state index contributed by atoms with van der Waals surface area (Å²) in [5.41, 5.74) is 4.13. The number of nitrogens with zero attached hydrogens (tertiary/aromatic N) is 1. The van der Waals surface area contributed by atoms with Crippen LogP contribution in [0.15, 0.2) is 69.9 Å². The van der Waals surface area contributed by atoms with Gasteiger partial charge in [-0.25, -0.2) is 0 Å². The predicted molar refractivity (Wildman–Crippen MR) is 129 cm³/mol. The zero-order chi connectivity index (χ0) is 24.0. The van der Waals surface area contributed by atoms with Crippen LogP contribution in [0.25, 0.3) is 11.0 Å². The number of aromatic hydroxyl groups is 1. The van der Waals surface area contributed by atoms with Crippen LogP contribution in [-0.2, 0) is 6.54 Å². The number of rotatable bonds is 5. The van der Waals surface area contributed by atoms with Crippen molar-refractivity contribution in [2.45, 2.75) is 33.4 Å². The van der Waals surface area contributed by atoms with Gasteiger partial charge in [0.1, 0.15) is 5.58 Å². The van der Waals surface area contributed by atoms with Crippen LogP contribution >= 0.6 is 0 Å². The van der Waals surface area contributed by atoms with Crippen molar-refractivity contribution >= 4 is 16.9 Å². The minimum atomic E-state index is -0.676. The highest BCUT2D eigenvalue weighted by Crippen LogP contribution is 2.41. The molecule has 1 amide bonds. The van der Waals surface area contributed by atoms with Gasteiger partial charge in [-0.1, -0.05) is 47.5 Å². The Morgan fingerprint density at radius 2 is 1.71 bits per heavy atom. The third-order valence-electron chi connectivity index (χ3n) is 6.19. The first-order chi connectivity index (χ1) is 16.4. The Bertz CT molecular complexity index is 1470. The molecule has 1 aliphatic rings. The molecule has 0 aliphatic carbocycles. The van der Waals surface area contributed by atoms with Crippen molar-refractivity contribution < 1.29 is 19.1 Å². The Morgan fingerprint density at radius 1 is 0.971 bits per heavy atom. The largest absolute Gasteiger partial charge is 0.504 e. The molecule has 0 radical (unpaired) electrons. The van der Waals surface area contributed by atoms with Gasteiger partial charge >= 0.3 is 0 Å². The zero-order valence-electron chi connectivity index (χ0n) is 19.3. The van der Waals surface area contributed by atoms with Crippen LogP contribution in [0.4, 0.5) is 0 Å². The fraction of sp³-hybridized carbons (Fsp3) is 0.214. The van der Waals surface area contributed by atoms with Crippen LogP contribution < -0.4 is 10.2 Å². The zero-order valence-corrected chi connectivity index (χ0v) is 19.3. The van der Waals surface area contributed by atoms with E-state index in [0.717, 1.165) is 16.7 Å². The first kappa shape index (κ1) is 21.8. The SMILES string of the molecule is CCOc1cc(C2c3c(oc4ccc(C)cc4c3=O)C(=O)N2Cc2ccc(C)cc2)ccc1O. The van der Waals surface area contributed by atoms with Crippen LogP contribution in [0, 0.1) is 13.8 Å². The summed E-state index contributed by atoms with van der Waals surface area (Å²) in [5, 5.41) is 10.7. The molecule has 1 aromatic heterocycles. The highest BCUT2D eigenvalue weighted by molar-refractivity contribution is 5.99. The molecule has 6 heteroatoms. The van der Waals surface area contributed by atoms with E-state index in [0.29, 0.717) is 41.0 Å². The molecule has 5 rings (SSSR count). The van der Waals surface area contributed by atoms with Gasteiger partial charge in [0.05, 0.1) is 23.6 Å². The fourth-order valence-electron chi connectivity index (χ4n) is 4.51. The first-order valence-electron chi connectivity index (χ1n) is 11.3. The van der Waals surface area contributed by atoms with Gasteiger partial charge in [0.25, 0.3) is 5.91 Å². The van der Waals surface area contributed by atoms with Crippen molar-refractivity contribution in [1.29, 1.82) is 0 Å². The van der Waals surface area contributed by atoms with Gasteiger partial charge < -0.3 is 19.2 Å². The van der Waals surface area contributed by atoms with Gasteiger partial charge in [0, 0.05) is 6.54 Å². The monoisotopic (exact) mass is 455 g/mol. The summed E-state index contributed by atoms with van der Waals surface area (Å²) in [6.45, 7) is 6.41. The van der Waals surface area contributed by atoms with Crippen LogP contribution in [0.2, 0.25) is 0 Å². The van der Waals surface area contributed by atoms with E-state index in [1.54, 1.807) is 29.2 Å². The van der Waals surface area contributed by atoms with Gasteiger partial charge in [-0.15, -0.1) is 0 Å². The lowest BCUT2D eigenvalue weighted by atomic mass is 9.97. The third-order valence-corrected chi connectivity index (χ3v) is 6.19. The highest BCUT2D eigenvalue weighted by Gasteiger charge is 2.43. The maximum atomic E-state index is 13.7. The second-order valence-corrected chi connectivity index (χ2v) is 8.65. The minimum absolute atomic E-state index is 0.00130. The number of carbonyl (C=O) groups excluding carboxylic acids is 1. The van der Waals surface area contributed by atoms with E-state index in [1.165, 1.54) is 6.07 Å². The molecule has 4 aromatic rings. The van der Waals surface area contributed by atoms with Gasteiger partial charge in [-0.3, -0.25) is 9.59 Å². The summed E-state index contributed by atoms with van der Waals surface area (Å²) >= 11 is 0. The molecular weight excluding hydrogens is 430 g/mol. The van der Waals surface area contributed by atoms with E-state index < -0.39 is 6.04 Å². The number of hydrogen-bond acceptors (Lipinski definition) is 5. The minimum Gasteiger partial charge on any atom is -0.504 e. The molecule has 34 heavy (non-hydrogen) atoms. The van der Waals surface area contributed by atoms with Gasteiger partial charge in [0.15, 0.2) is 16.9 Å². The molecular formula is C28H25NO5. The lowest BCUT2D eigenvalue weighted by Crippen LogP contribution is -2.29. The fourth-order valence-corrected chi connectivity index (χ4v) is 4.51. The third kappa shape index (κ3) is 3.61. The number of fused-ring (bicyclic) bond motifs is 2. The average molecular weight is 456 g/mol. The Labute approximate surface area is 197 Å². The molecule has 1 aliphatic heterocycles. The molecule has 0 saturated carbocycles. The van der Waals surface area contributed by atoms with E-state index >= 15 is 0 Å². The van der Waals surface area contributed by atoms with Crippen LogP contribution in [-0.4, -0.2) is 22.5 Å². The number of amides is 1. The smallest absolute Gasteiger partial charge is 0.291 e. The predicted octanol–water partition coefficient (Wildman–Crippen LogP) is 5.26. The molecule has 0 bridgehead atoms. The van der Waals surface area contributed by atoms with E-state index in [9.17, 15) is 14.7 Å². The van der Waals surface area contributed by atoms with Gasteiger partial charge in [0.2, 0.25) is 5.76 Å². The Kier molecular flexibility index (Phi) is 5.36. The molecule has 1 N–H and O–H groups in total. The molecule has 6 nitrogen and oxygen atoms in total. The van der Waals surface area contributed by atoms with E-state index in [-0.39, 0.29) is 22.8 Å². The lowest BCUT2D eigenvalue weighted by molar-refractivity contribution is 0.0714. The summed E-state index contributed by atoms with van der Waals surface area (Å²) in [6, 6.07) is 17.6. The van der Waals surface area contributed by atoms with Gasteiger partial charge in [-0.2, -0.15) is 0 Å². The topological polar surface area (TPSA) is 80.0 Å². The Hall–Kier alpha value is -4.06. The maximum Gasteiger partial charge on any atom is 0.291 e. The molecule has 0 saturated heterocycles. The van der Waals surface area contributed by atoms with Crippen LogP contribution in [0.1, 0.15) is 51.3 Å². The molecule has 3 aromatic carbocycles. The van der Waals surface area contributed by atoms with Crippen LogP contribution in [0.3, 0.4) is 0 Å². The quantitative estimate of drug-likeness (QED) is 0.444. The molecule has 1 atom stereocenters. The first-order valence-corrected chi connectivity index (χ1v) is 11.3. The van der Waals surface area contributed by atoms with Crippen molar-refractivity contribution in [2.24, 2.45) is 0 Å². The molecule has 0 fully saturated rings. The van der Waals surface area contributed by atoms with Crippen molar-refractivity contribution in [2.75, 3.05) is 6.61 Å². The number of ether oxygens (including phenoxy) is 1. The summed E-state index contributed by atoms with van der Waals surface area (Å²) in [7, 11) is 0. The summed E-state index contributed by atoms with van der Waals surface area (Å²) in [6.07, 6.45) is 0. The Balaban J connectivity index is 1.72. The molecule has 0 spiro atoms. The summed E-state index contributed by atoms with van der Waals surface area (Å²) in [4.78, 5) is 29.0. The number of aryl methyl sites for hydroxylation is 2. The second-order valence-electron chi connectivity index (χ2n) is 8.65. The Morgan fingerprint density at radius 3 is 2.44 bits per heavy atom. The number of carbonyl (C=O) groups is 1.